The van der Waals surface area contributed by atoms with Gasteiger partial charge in [-0.3, -0.25) is 15.1 Å². The Labute approximate surface area is 194 Å². The van der Waals surface area contributed by atoms with E-state index in [9.17, 15) is 10.1 Å². The van der Waals surface area contributed by atoms with E-state index in [1.165, 1.54) is 12.1 Å². The summed E-state index contributed by atoms with van der Waals surface area (Å²) in [6, 6.07) is 29.1. The van der Waals surface area contributed by atoms with E-state index in [0.717, 1.165) is 11.1 Å². The van der Waals surface area contributed by atoms with Gasteiger partial charge in [0.15, 0.2) is 0 Å². The van der Waals surface area contributed by atoms with Crippen LogP contribution in [0.25, 0.3) is 23.0 Å². The van der Waals surface area contributed by atoms with Gasteiger partial charge in [-0.15, -0.1) is 0 Å². The predicted molar refractivity (Wildman–Crippen MR) is 125 cm³/mol. The summed E-state index contributed by atoms with van der Waals surface area (Å²) in [4.78, 5) is 19.8. The molecule has 34 heavy (non-hydrogen) atoms. The predicted octanol–water partition coefficient (Wildman–Crippen LogP) is 5.88. The van der Waals surface area contributed by atoms with E-state index in [-0.39, 0.29) is 17.4 Å². The van der Waals surface area contributed by atoms with Crippen LogP contribution in [0.2, 0.25) is 0 Å². The maximum absolute atomic E-state index is 11.7. The van der Waals surface area contributed by atoms with Gasteiger partial charge >= 0.3 is 0 Å². The van der Waals surface area contributed by atoms with Crippen molar-refractivity contribution >= 4 is 5.69 Å². The summed E-state index contributed by atoms with van der Waals surface area (Å²) in [5.74, 6) is 0.723. The minimum absolute atomic E-state index is 0.130. The number of benzene rings is 3. The molecule has 0 fully saturated rings. The Kier molecular flexibility index (Phi) is 5.77. The fourth-order valence-electron chi connectivity index (χ4n) is 3.54. The first-order valence-corrected chi connectivity index (χ1v) is 10.5. The van der Waals surface area contributed by atoms with E-state index < -0.39 is 11.0 Å². The lowest BCUT2D eigenvalue weighted by molar-refractivity contribution is -0.384. The van der Waals surface area contributed by atoms with Gasteiger partial charge in [0.2, 0.25) is 5.82 Å². The number of nitro groups is 1. The Hall–Kier alpha value is -4.85. The number of hydrogen-bond donors (Lipinski definition) is 0. The average Bonchev–Trinajstić information content (AvgIpc) is 3.39. The lowest BCUT2D eigenvalue weighted by atomic mass is 10.0. The smallest absolute Gasteiger partial charge is 0.273 e. The normalized spacial score (nSPS) is 10.9. The molecule has 5 rings (SSSR count). The van der Waals surface area contributed by atoms with E-state index in [0.29, 0.717) is 17.0 Å². The molecule has 0 saturated carbocycles. The first-order chi connectivity index (χ1) is 16.7. The van der Waals surface area contributed by atoms with Crippen molar-refractivity contribution in [2.75, 3.05) is 0 Å². The van der Waals surface area contributed by atoms with Crippen LogP contribution < -0.4 is 4.74 Å². The number of nitro benzene ring substituents is 1. The molecular formula is C26H18N4O4. The molecule has 2 heterocycles. The number of hydrogen-bond acceptors (Lipinski definition) is 7. The van der Waals surface area contributed by atoms with Crippen LogP contribution in [0, 0.1) is 10.1 Å². The maximum atomic E-state index is 11.7. The molecule has 166 valence electrons. The first kappa shape index (κ1) is 21.0. The number of pyridine rings is 1. The molecule has 0 aliphatic rings. The van der Waals surface area contributed by atoms with Crippen LogP contribution in [-0.2, 0) is 0 Å². The van der Waals surface area contributed by atoms with Gasteiger partial charge in [0.25, 0.3) is 11.6 Å². The fraction of sp³-hybridized carbons (Fsp3) is 0.0385. The van der Waals surface area contributed by atoms with Crippen LogP contribution in [0.15, 0.2) is 108 Å². The second-order valence-corrected chi connectivity index (χ2v) is 7.43. The molecule has 0 aliphatic heterocycles. The zero-order chi connectivity index (χ0) is 23.3. The Morgan fingerprint density at radius 2 is 1.53 bits per heavy atom. The highest BCUT2D eigenvalue weighted by molar-refractivity contribution is 5.63. The lowest BCUT2D eigenvalue weighted by Crippen LogP contribution is -2.09. The molecule has 0 radical (unpaired) electrons. The summed E-state index contributed by atoms with van der Waals surface area (Å²) in [6.07, 6.45) is 1.15. The summed E-state index contributed by atoms with van der Waals surface area (Å²) in [7, 11) is 0. The van der Waals surface area contributed by atoms with Crippen molar-refractivity contribution in [3.8, 4) is 28.7 Å². The van der Waals surface area contributed by atoms with Crippen molar-refractivity contribution in [1.82, 2.24) is 15.1 Å². The van der Waals surface area contributed by atoms with Crippen molar-refractivity contribution in [2.24, 2.45) is 0 Å². The van der Waals surface area contributed by atoms with Gasteiger partial charge in [-0.25, -0.2) is 0 Å². The van der Waals surface area contributed by atoms with Gasteiger partial charge in [0.1, 0.15) is 17.5 Å². The molecule has 5 aromatic rings. The zero-order valence-corrected chi connectivity index (χ0v) is 17.8. The van der Waals surface area contributed by atoms with Crippen LogP contribution in [-0.4, -0.2) is 20.0 Å². The fourth-order valence-corrected chi connectivity index (χ4v) is 3.54. The monoisotopic (exact) mass is 450 g/mol. The highest BCUT2D eigenvalue weighted by Crippen LogP contribution is 2.34. The van der Waals surface area contributed by atoms with E-state index in [1.54, 1.807) is 24.4 Å². The lowest BCUT2D eigenvalue weighted by Gasteiger charge is -2.20. The topological polar surface area (TPSA) is 104 Å². The van der Waals surface area contributed by atoms with E-state index in [2.05, 4.69) is 15.1 Å². The number of nitrogens with zero attached hydrogens (tertiary/aromatic N) is 4. The summed E-state index contributed by atoms with van der Waals surface area (Å²) in [5.41, 5.74) is 2.59. The van der Waals surface area contributed by atoms with Gasteiger partial charge in [-0.05, 0) is 29.3 Å². The molecule has 8 nitrogen and oxygen atoms in total. The molecule has 8 heteroatoms. The molecule has 0 saturated heterocycles. The van der Waals surface area contributed by atoms with E-state index in [4.69, 9.17) is 9.26 Å². The van der Waals surface area contributed by atoms with Crippen molar-refractivity contribution in [3.63, 3.8) is 0 Å². The molecule has 0 spiro atoms. The van der Waals surface area contributed by atoms with Crippen LogP contribution in [0.1, 0.15) is 17.2 Å². The average molecular weight is 450 g/mol. The molecule has 0 unspecified atom stereocenters. The van der Waals surface area contributed by atoms with Crippen molar-refractivity contribution < 1.29 is 14.2 Å². The molecule has 0 amide bonds. The first-order valence-electron chi connectivity index (χ1n) is 10.5. The van der Waals surface area contributed by atoms with Gasteiger partial charge in [-0.2, -0.15) is 4.98 Å². The quantitative estimate of drug-likeness (QED) is 0.225. The van der Waals surface area contributed by atoms with Gasteiger partial charge in [0, 0.05) is 12.3 Å². The zero-order valence-electron chi connectivity index (χ0n) is 17.8. The minimum atomic E-state index is -0.480. The van der Waals surface area contributed by atoms with E-state index >= 15 is 0 Å². The third-order valence-electron chi connectivity index (χ3n) is 5.13. The van der Waals surface area contributed by atoms with Crippen LogP contribution in [0.4, 0.5) is 5.69 Å². The van der Waals surface area contributed by atoms with Crippen LogP contribution in [0.3, 0.4) is 0 Å². The third kappa shape index (κ3) is 4.51. The number of aromatic nitrogens is 3. The summed E-state index contributed by atoms with van der Waals surface area (Å²) in [6.45, 7) is 0. The van der Waals surface area contributed by atoms with Gasteiger partial charge < -0.3 is 9.26 Å². The number of non-ortho nitro benzene ring substituents is 1. The summed E-state index contributed by atoms with van der Waals surface area (Å²) in [5, 5.41) is 15.6. The Balaban J connectivity index is 1.54. The standard InChI is InChI=1S/C26H18N4O4/c31-30(32)21-15-20(26-28-25(29-34-26)23-13-7-8-14-27-23)16-22(17-21)33-24(18-9-3-1-4-10-18)19-11-5-2-6-12-19/h1-17,24H. The number of ether oxygens (including phenoxy) is 1. The molecule has 3 aromatic carbocycles. The summed E-state index contributed by atoms with van der Waals surface area (Å²) < 4.78 is 11.7. The highest BCUT2D eigenvalue weighted by atomic mass is 16.6. The van der Waals surface area contributed by atoms with Crippen molar-refractivity contribution in [2.45, 2.75) is 6.10 Å². The Morgan fingerprint density at radius 3 is 2.15 bits per heavy atom. The molecule has 0 atom stereocenters. The second kappa shape index (κ2) is 9.33. The molecule has 0 aliphatic carbocycles. The van der Waals surface area contributed by atoms with Gasteiger partial charge in [-0.1, -0.05) is 71.9 Å². The molecule has 0 N–H and O–H groups in total. The third-order valence-corrected chi connectivity index (χ3v) is 5.13. The summed E-state index contributed by atoms with van der Waals surface area (Å²) >= 11 is 0. The van der Waals surface area contributed by atoms with E-state index in [1.807, 2.05) is 66.7 Å². The Morgan fingerprint density at radius 1 is 0.853 bits per heavy atom. The number of rotatable bonds is 7. The van der Waals surface area contributed by atoms with Crippen LogP contribution >= 0.6 is 0 Å². The SMILES string of the molecule is O=[N+]([O-])c1cc(OC(c2ccccc2)c2ccccc2)cc(-c2nc(-c3ccccn3)no2)c1. The second-order valence-electron chi connectivity index (χ2n) is 7.43. The largest absolute Gasteiger partial charge is 0.481 e. The highest BCUT2D eigenvalue weighted by Gasteiger charge is 2.21. The van der Waals surface area contributed by atoms with Crippen LogP contribution in [0.5, 0.6) is 5.75 Å². The minimum Gasteiger partial charge on any atom is -0.481 e. The van der Waals surface area contributed by atoms with Gasteiger partial charge in [0.05, 0.1) is 16.6 Å². The van der Waals surface area contributed by atoms with Crippen molar-refractivity contribution in [3.05, 3.63) is 124 Å². The Bertz CT molecular complexity index is 1370. The molecule has 2 aromatic heterocycles. The molecular weight excluding hydrogens is 432 g/mol. The van der Waals surface area contributed by atoms with Crippen molar-refractivity contribution in [1.29, 1.82) is 0 Å². The maximum Gasteiger partial charge on any atom is 0.273 e. The molecule has 0 bridgehead atoms.